The van der Waals surface area contributed by atoms with Crippen LogP contribution in [0, 0.1) is 5.82 Å². The molecule has 0 aliphatic carbocycles. The molecule has 0 saturated heterocycles. The van der Waals surface area contributed by atoms with Crippen molar-refractivity contribution in [1.82, 2.24) is 4.98 Å². The minimum absolute atomic E-state index is 0.264. The van der Waals surface area contributed by atoms with Crippen molar-refractivity contribution >= 4 is 28.3 Å². The Bertz CT molecular complexity index is 1370. The van der Waals surface area contributed by atoms with Crippen molar-refractivity contribution in [3.05, 3.63) is 78.2 Å². The molecule has 7 nitrogen and oxygen atoms in total. The van der Waals surface area contributed by atoms with E-state index < -0.39 is 0 Å². The summed E-state index contributed by atoms with van der Waals surface area (Å²) < 4.78 is 30.1. The normalized spacial score (nSPS) is 12.4. The number of methoxy groups -OCH3 is 2. The van der Waals surface area contributed by atoms with Crippen LogP contribution >= 0.6 is 0 Å². The van der Waals surface area contributed by atoms with Gasteiger partial charge in [0.25, 0.3) is 0 Å². The maximum absolute atomic E-state index is 13.1. The molecule has 1 aliphatic rings. The minimum atomic E-state index is -0.350. The summed E-state index contributed by atoms with van der Waals surface area (Å²) >= 11 is 0. The third kappa shape index (κ3) is 4.05. The van der Waals surface area contributed by atoms with E-state index in [1.54, 1.807) is 37.4 Å². The number of pyridine rings is 1. The van der Waals surface area contributed by atoms with Gasteiger partial charge in [-0.1, -0.05) is 0 Å². The second-order valence-electron chi connectivity index (χ2n) is 7.76. The molecule has 0 fully saturated rings. The van der Waals surface area contributed by atoms with E-state index in [1.165, 1.54) is 24.3 Å². The summed E-state index contributed by atoms with van der Waals surface area (Å²) in [6, 6.07) is 16.5. The van der Waals surface area contributed by atoms with Gasteiger partial charge in [0.05, 0.1) is 19.7 Å². The molecule has 0 unspecified atom stereocenters. The third-order valence-corrected chi connectivity index (χ3v) is 5.72. The molecule has 2 amide bonds. The highest BCUT2D eigenvalue weighted by molar-refractivity contribution is 6.03. The summed E-state index contributed by atoms with van der Waals surface area (Å²) in [6.07, 6.45) is 2.38. The Morgan fingerprint density at radius 1 is 0.971 bits per heavy atom. The Labute approximate surface area is 195 Å². The van der Waals surface area contributed by atoms with Crippen LogP contribution in [0.2, 0.25) is 0 Å². The molecule has 4 aromatic rings. The van der Waals surface area contributed by atoms with E-state index >= 15 is 0 Å². The lowest BCUT2D eigenvalue weighted by Gasteiger charge is -2.18. The fraction of sp³-hybridized carbons (Fsp3) is 0.154. The van der Waals surface area contributed by atoms with E-state index in [-0.39, 0.29) is 11.8 Å². The van der Waals surface area contributed by atoms with Crippen molar-refractivity contribution in [1.29, 1.82) is 0 Å². The maximum atomic E-state index is 13.1. The average molecular weight is 459 g/mol. The van der Waals surface area contributed by atoms with Crippen molar-refractivity contribution in [3.8, 4) is 23.0 Å². The molecule has 34 heavy (non-hydrogen) atoms. The Morgan fingerprint density at radius 3 is 2.50 bits per heavy atom. The van der Waals surface area contributed by atoms with Crippen LogP contribution in [0.3, 0.4) is 0 Å². The van der Waals surface area contributed by atoms with Gasteiger partial charge in [-0.3, -0.25) is 9.88 Å². The quantitative estimate of drug-likeness (QED) is 0.410. The fourth-order valence-electron chi connectivity index (χ4n) is 4.04. The number of hydrogen-bond donors (Lipinski definition) is 1. The van der Waals surface area contributed by atoms with E-state index in [0.717, 1.165) is 22.2 Å². The molecular weight excluding hydrogens is 437 g/mol. The molecule has 172 valence electrons. The van der Waals surface area contributed by atoms with Gasteiger partial charge in [0.1, 0.15) is 17.3 Å². The zero-order valence-corrected chi connectivity index (χ0v) is 18.7. The number of nitrogens with one attached hydrogen (secondary N) is 1. The molecular formula is C26H22FN3O4. The Hall–Kier alpha value is -4.33. The highest BCUT2D eigenvalue weighted by Gasteiger charge is 2.25. The molecule has 1 aromatic heterocycles. The van der Waals surface area contributed by atoms with E-state index in [1.807, 2.05) is 24.3 Å². The molecule has 0 radical (unpaired) electrons. The summed E-state index contributed by atoms with van der Waals surface area (Å²) in [6.45, 7) is 0.543. The average Bonchev–Trinajstić information content (AvgIpc) is 3.28. The number of benzene rings is 3. The second-order valence-corrected chi connectivity index (χ2v) is 7.76. The van der Waals surface area contributed by atoms with Crippen LogP contribution in [0.4, 0.5) is 20.6 Å². The van der Waals surface area contributed by atoms with Crippen LogP contribution < -0.4 is 24.4 Å². The summed E-state index contributed by atoms with van der Waals surface area (Å²) in [7, 11) is 3.16. The van der Waals surface area contributed by atoms with Crippen molar-refractivity contribution in [2.45, 2.75) is 6.42 Å². The molecule has 8 heteroatoms. The Morgan fingerprint density at radius 2 is 1.74 bits per heavy atom. The predicted molar refractivity (Wildman–Crippen MR) is 128 cm³/mol. The van der Waals surface area contributed by atoms with E-state index in [4.69, 9.17) is 14.2 Å². The van der Waals surface area contributed by atoms with Crippen LogP contribution in [-0.2, 0) is 6.42 Å². The van der Waals surface area contributed by atoms with Crippen LogP contribution in [0.5, 0.6) is 23.0 Å². The number of fused-ring (bicyclic) bond motifs is 2. The first kappa shape index (κ1) is 21.5. The number of amides is 2. The summed E-state index contributed by atoms with van der Waals surface area (Å²) in [4.78, 5) is 18.8. The summed E-state index contributed by atoms with van der Waals surface area (Å²) in [5.41, 5.74) is 3.08. The number of anilines is 2. The largest absolute Gasteiger partial charge is 0.493 e. The van der Waals surface area contributed by atoms with Crippen LogP contribution in [-0.4, -0.2) is 31.8 Å². The number of aromatic nitrogens is 1. The zero-order chi connectivity index (χ0) is 23.7. The first-order valence-corrected chi connectivity index (χ1v) is 10.7. The van der Waals surface area contributed by atoms with Gasteiger partial charge in [-0.05, 0) is 66.6 Å². The van der Waals surface area contributed by atoms with Crippen molar-refractivity contribution < 1.29 is 23.4 Å². The van der Waals surface area contributed by atoms with Gasteiger partial charge in [0, 0.05) is 35.6 Å². The number of hydrogen-bond acceptors (Lipinski definition) is 5. The predicted octanol–water partition coefficient (Wildman–Crippen LogP) is 5.78. The van der Waals surface area contributed by atoms with Gasteiger partial charge in [-0.25, -0.2) is 9.18 Å². The summed E-state index contributed by atoms with van der Waals surface area (Å²) in [5, 5.41) is 3.60. The minimum Gasteiger partial charge on any atom is -0.493 e. The van der Waals surface area contributed by atoms with E-state index in [0.29, 0.717) is 41.7 Å². The standard InChI is InChI=1S/C26H22FN3O4/c1-32-24-14-20-21(15-25(24)33-2)28-11-9-23(20)34-19-7-8-22-16(13-19)10-12-30(22)26(31)29-18-5-3-17(27)4-6-18/h3-9,11,13-15H,10,12H2,1-2H3,(H,29,31). The Kier molecular flexibility index (Phi) is 5.63. The third-order valence-electron chi connectivity index (χ3n) is 5.72. The Balaban J connectivity index is 1.38. The van der Waals surface area contributed by atoms with Crippen LogP contribution in [0.1, 0.15) is 5.56 Å². The number of rotatable bonds is 5. The molecule has 2 heterocycles. The maximum Gasteiger partial charge on any atom is 0.326 e. The number of nitrogens with zero attached hydrogens (tertiary/aromatic N) is 2. The van der Waals surface area contributed by atoms with Gasteiger partial charge >= 0.3 is 6.03 Å². The smallest absolute Gasteiger partial charge is 0.326 e. The lowest BCUT2D eigenvalue weighted by molar-refractivity contribution is 0.257. The van der Waals surface area contributed by atoms with Crippen molar-refractivity contribution in [3.63, 3.8) is 0 Å². The summed E-state index contributed by atoms with van der Waals surface area (Å²) in [5.74, 6) is 2.12. The first-order valence-electron chi connectivity index (χ1n) is 10.7. The fourth-order valence-corrected chi connectivity index (χ4v) is 4.04. The molecule has 1 aliphatic heterocycles. The highest BCUT2D eigenvalue weighted by atomic mass is 19.1. The molecule has 0 bridgehead atoms. The van der Waals surface area contributed by atoms with Gasteiger partial charge in [0.2, 0.25) is 0 Å². The molecule has 0 saturated carbocycles. The lowest BCUT2D eigenvalue weighted by atomic mass is 10.1. The number of carbonyl (C=O) groups excluding carboxylic acids is 1. The van der Waals surface area contributed by atoms with Gasteiger partial charge < -0.3 is 19.5 Å². The highest BCUT2D eigenvalue weighted by Crippen LogP contribution is 2.38. The van der Waals surface area contributed by atoms with Crippen LogP contribution in [0.15, 0.2) is 66.9 Å². The number of ether oxygens (including phenoxy) is 3. The molecule has 3 aromatic carbocycles. The second kappa shape index (κ2) is 8.90. The number of halogens is 1. The van der Waals surface area contributed by atoms with E-state index in [9.17, 15) is 9.18 Å². The molecule has 1 N–H and O–H groups in total. The van der Waals surface area contributed by atoms with Crippen LogP contribution in [0.25, 0.3) is 10.9 Å². The molecule has 5 rings (SSSR count). The number of urea groups is 1. The van der Waals surface area contributed by atoms with Crippen molar-refractivity contribution in [2.24, 2.45) is 0 Å². The first-order chi connectivity index (χ1) is 16.6. The van der Waals surface area contributed by atoms with Crippen molar-refractivity contribution in [2.75, 3.05) is 31.0 Å². The lowest BCUT2D eigenvalue weighted by Crippen LogP contribution is -2.33. The molecule has 0 atom stereocenters. The monoisotopic (exact) mass is 459 g/mol. The van der Waals surface area contributed by atoms with E-state index in [2.05, 4.69) is 10.3 Å². The number of carbonyl (C=O) groups is 1. The van der Waals surface area contributed by atoms with Gasteiger partial charge in [-0.15, -0.1) is 0 Å². The van der Waals surface area contributed by atoms with Gasteiger partial charge in [0.15, 0.2) is 11.5 Å². The molecule has 0 spiro atoms. The van der Waals surface area contributed by atoms with Gasteiger partial charge in [-0.2, -0.15) is 0 Å². The zero-order valence-electron chi connectivity index (χ0n) is 18.7. The topological polar surface area (TPSA) is 72.9 Å². The SMILES string of the molecule is COc1cc2nccc(Oc3ccc4c(c3)CCN4C(=O)Nc3ccc(F)cc3)c2cc1OC.